The lowest BCUT2D eigenvalue weighted by molar-refractivity contribution is 0.232. The average Bonchev–Trinajstić information content (AvgIpc) is 2.33. The summed E-state index contributed by atoms with van der Waals surface area (Å²) in [6.07, 6.45) is 5.07. The van der Waals surface area contributed by atoms with Crippen molar-refractivity contribution >= 4 is 5.69 Å². The number of hydrogen-bond donors (Lipinski definition) is 1. The van der Waals surface area contributed by atoms with Crippen molar-refractivity contribution in [2.24, 2.45) is 5.41 Å². The number of anilines is 1. The fourth-order valence-corrected chi connectivity index (χ4v) is 2.42. The Balaban J connectivity index is 1.91. The number of nitrogens with zero attached hydrogens (tertiary/aromatic N) is 1. The Kier molecular flexibility index (Phi) is 3.38. The summed E-state index contributed by atoms with van der Waals surface area (Å²) in [4.78, 5) is 0. The number of benzene rings is 1. The van der Waals surface area contributed by atoms with Crippen molar-refractivity contribution in [2.75, 3.05) is 5.32 Å². The summed E-state index contributed by atoms with van der Waals surface area (Å²) in [5.41, 5.74) is 2.37. The van der Waals surface area contributed by atoms with E-state index in [2.05, 4.69) is 25.2 Å². The number of rotatable bonds is 2. The van der Waals surface area contributed by atoms with Crippen LogP contribution < -0.4 is 5.32 Å². The second kappa shape index (κ2) is 4.79. The van der Waals surface area contributed by atoms with Crippen LogP contribution in [0.1, 0.15) is 45.1 Å². The minimum atomic E-state index is 0.517. The summed E-state index contributed by atoms with van der Waals surface area (Å²) in [6.45, 7) is 4.70. The summed E-state index contributed by atoms with van der Waals surface area (Å²) in [5.74, 6) is 0. The van der Waals surface area contributed by atoms with Crippen molar-refractivity contribution in [2.45, 2.75) is 45.6 Å². The highest BCUT2D eigenvalue weighted by atomic mass is 14.9. The highest BCUT2D eigenvalue weighted by molar-refractivity contribution is 5.47. The number of hydrogen-bond acceptors (Lipinski definition) is 2. The first-order valence-electron chi connectivity index (χ1n) is 6.36. The summed E-state index contributed by atoms with van der Waals surface area (Å²) < 4.78 is 0. The summed E-state index contributed by atoms with van der Waals surface area (Å²) >= 11 is 0. The summed E-state index contributed by atoms with van der Waals surface area (Å²) in [6, 6.07) is 10.5. The van der Waals surface area contributed by atoms with Gasteiger partial charge < -0.3 is 5.32 Å². The normalized spacial score (nSPS) is 19.6. The molecule has 0 heterocycles. The molecule has 1 aromatic carbocycles. The molecule has 2 rings (SSSR count). The molecular weight excluding hydrogens is 208 g/mol. The number of nitriles is 1. The van der Waals surface area contributed by atoms with E-state index in [0.29, 0.717) is 11.5 Å². The zero-order valence-electron chi connectivity index (χ0n) is 10.7. The van der Waals surface area contributed by atoms with Crippen LogP contribution >= 0.6 is 0 Å². The Bertz CT molecular complexity index is 402. The van der Waals surface area contributed by atoms with Crippen molar-refractivity contribution in [1.29, 1.82) is 5.26 Å². The Hall–Kier alpha value is -1.49. The van der Waals surface area contributed by atoms with Gasteiger partial charge >= 0.3 is 0 Å². The van der Waals surface area contributed by atoms with Crippen molar-refractivity contribution in [1.82, 2.24) is 0 Å². The predicted octanol–water partition coefficient (Wildman–Crippen LogP) is 3.94. The molecule has 1 saturated carbocycles. The molecule has 0 atom stereocenters. The van der Waals surface area contributed by atoms with Gasteiger partial charge in [0.05, 0.1) is 11.6 Å². The van der Waals surface area contributed by atoms with Crippen molar-refractivity contribution < 1.29 is 0 Å². The van der Waals surface area contributed by atoms with Gasteiger partial charge in [0, 0.05) is 11.7 Å². The molecular formula is C15H20N2. The van der Waals surface area contributed by atoms with Crippen molar-refractivity contribution in [3.05, 3.63) is 29.8 Å². The van der Waals surface area contributed by atoms with Gasteiger partial charge in [-0.15, -0.1) is 0 Å². The first-order chi connectivity index (χ1) is 8.09. The van der Waals surface area contributed by atoms with E-state index in [0.717, 1.165) is 11.3 Å². The standard InChI is InChI=1S/C15H20N2/c1-15(2)9-7-14(8-10-15)17-13-5-3-12(11-16)4-6-13/h3-6,14,17H,7-10H2,1-2H3. The smallest absolute Gasteiger partial charge is 0.0991 e. The van der Waals surface area contributed by atoms with E-state index in [4.69, 9.17) is 5.26 Å². The Morgan fingerprint density at radius 2 is 1.76 bits per heavy atom. The Morgan fingerprint density at radius 1 is 1.18 bits per heavy atom. The third kappa shape index (κ3) is 3.23. The SMILES string of the molecule is CC1(C)CCC(Nc2ccc(C#N)cc2)CC1. The molecule has 2 nitrogen and oxygen atoms in total. The second-order valence-electron chi connectivity index (χ2n) is 5.77. The maximum absolute atomic E-state index is 8.74. The first-order valence-corrected chi connectivity index (χ1v) is 6.36. The molecule has 0 aliphatic heterocycles. The van der Waals surface area contributed by atoms with Crippen molar-refractivity contribution in [3.63, 3.8) is 0 Å². The van der Waals surface area contributed by atoms with Crippen molar-refractivity contribution in [3.8, 4) is 6.07 Å². The van der Waals surface area contributed by atoms with Crippen LogP contribution in [0, 0.1) is 16.7 Å². The minimum Gasteiger partial charge on any atom is -0.382 e. The highest BCUT2D eigenvalue weighted by Crippen LogP contribution is 2.36. The third-order valence-electron chi connectivity index (χ3n) is 3.72. The van der Waals surface area contributed by atoms with Gasteiger partial charge in [0.2, 0.25) is 0 Å². The Morgan fingerprint density at radius 3 is 2.29 bits per heavy atom. The van der Waals surface area contributed by atoms with Crippen LogP contribution in [-0.2, 0) is 0 Å². The molecule has 0 radical (unpaired) electrons. The van der Waals surface area contributed by atoms with Gasteiger partial charge in [-0.2, -0.15) is 5.26 Å². The minimum absolute atomic E-state index is 0.517. The van der Waals surface area contributed by atoms with E-state index < -0.39 is 0 Å². The first kappa shape index (κ1) is 12.0. The van der Waals surface area contributed by atoms with E-state index in [9.17, 15) is 0 Å². The molecule has 1 aromatic rings. The van der Waals surface area contributed by atoms with Crippen LogP contribution in [0.15, 0.2) is 24.3 Å². The fraction of sp³-hybridized carbons (Fsp3) is 0.533. The molecule has 0 spiro atoms. The molecule has 0 bridgehead atoms. The van der Waals surface area contributed by atoms with Crippen LogP contribution in [0.25, 0.3) is 0 Å². The van der Waals surface area contributed by atoms with E-state index in [-0.39, 0.29) is 0 Å². The molecule has 1 fully saturated rings. The highest BCUT2D eigenvalue weighted by Gasteiger charge is 2.26. The van der Waals surface area contributed by atoms with Gasteiger partial charge in [0.1, 0.15) is 0 Å². The van der Waals surface area contributed by atoms with Gasteiger partial charge in [-0.25, -0.2) is 0 Å². The fourth-order valence-electron chi connectivity index (χ4n) is 2.42. The van der Waals surface area contributed by atoms with Gasteiger partial charge in [-0.1, -0.05) is 13.8 Å². The lowest BCUT2D eigenvalue weighted by Crippen LogP contribution is -2.29. The molecule has 2 heteroatoms. The van der Waals surface area contributed by atoms with Crippen LogP contribution in [0.4, 0.5) is 5.69 Å². The van der Waals surface area contributed by atoms with Gasteiger partial charge in [-0.3, -0.25) is 0 Å². The molecule has 1 aliphatic carbocycles. The quantitative estimate of drug-likeness (QED) is 0.832. The van der Waals surface area contributed by atoms with E-state index in [1.165, 1.54) is 25.7 Å². The van der Waals surface area contributed by atoms with E-state index >= 15 is 0 Å². The lowest BCUT2D eigenvalue weighted by Gasteiger charge is -2.35. The monoisotopic (exact) mass is 228 g/mol. The molecule has 1 N–H and O–H groups in total. The maximum atomic E-state index is 8.74. The topological polar surface area (TPSA) is 35.8 Å². The van der Waals surface area contributed by atoms with Gasteiger partial charge in [0.15, 0.2) is 0 Å². The van der Waals surface area contributed by atoms with Crippen LogP contribution in [0.3, 0.4) is 0 Å². The maximum Gasteiger partial charge on any atom is 0.0991 e. The third-order valence-corrected chi connectivity index (χ3v) is 3.72. The molecule has 1 aliphatic rings. The molecule has 0 amide bonds. The molecule has 90 valence electrons. The number of nitrogens with one attached hydrogen (secondary N) is 1. The van der Waals surface area contributed by atoms with Crippen LogP contribution in [0.5, 0.6) is 0 Å². The summed E-state index contributed by atoms with van der Waals surface area (Å²) in [7, 11) is 0. The lowest BCUT2D eigenvalue weighted by atomic mass is 9.75. The molecule has 0 aromatic heterocycles. The summed E-state index contributed by atoms with van der Waals surface area (Å²) in [5, 5.41) is 12.3. The molecule has 17 heavy (non-hydrogen) atoms. The van der Waals surface area contributed by atoms with Gasteiger partial charge in [-0.05, 0) is 55.4 Å². The zero-order chi connectivity index (χ0) is 12.3. The van der Waals surface area contributed by atoms with E-state index in [1.807, 2.05) is 24.3 Å². The zero-order valence-corrected chi connectivity index (χ0v) is 10.7. The molecule has 0 saturated heterocycles. The van der Waals surface area contributed by atoms with E-state index in [1.54, 1.807) is 0 Å². The molecule has 0 unspecified atom stereocenters. The average molecular weight is 228 g/mol. The largest absolute Gasteiger partial charge is 0.382 e. The Labute approximate surface area is 104 Å². The van der Waals surface area contributed by atoms with Gasteiger partial charge in [0.25, 0.3) is 0 Å². The second-order valence-corrected chi connectivity index (χ2v) is 5.77. The van der Waals surface area contributed by atoms with Crippen LogP contribution in [0.2, 0.25) is 0 Å². The van der Waals surface area contributed by atoms with Crippen LogP contribution in [-0.4, -0.2) is 6.04 Å². The predicted molar refractivity (Wildman–Crippen MR) is 70.8 cm³/mol.